The molecule has 4 aromatic rings. The lowest BCUT2D eigenvalue weighted by Gasteiger charge is -2.21. The van der Waals surface area contributed by atoms with Crippen LogP contribution in [0.1, 0.15) is 42.9 Å². The number of imidazole rings is 1. The van der Waals surface area contributed by atoms with E-state index in [2.05, 4.69) is 4.98 Å². The number of aromatic nitrogens is 4. The molecule has 2 aromatic heterocycles. The molecule has 41 heavy (non-hydrogen) atoms. The Morgan fingerprint density at radius 1 is 1.12 bits per heavy atom. The molecule has 9 nitrogen and oxygen atoms in total. The van der Waals surface area contributed by atoms with Crippen LogP contribution in [0.2, 0.25) is 5.02 Å². The van der Waals surface area contributed by atoms with Gasteiger partial charge in [0.2, 0.25) is 0 Å². The fourth-order valence-electron chi connectivity index (χ4n) is 4.73. The zero-order chi connectivity index (χ0) is 30.1. The van der Waals surface area contributed by atoms with E-state index in [1.807, 2.05) is 0 Å². The first-order chi connectivity index (χ1) is 19.4. The van der Waals surface area contributed by atoms with E-state index in [1.165, 1.54) is 30.7 Å². The van der Waals surface area contributed by atoms with Crippen LogP contribution in [0.4, 0.5) is 13.2 Å². The molecule has 1 N–H and O–H groups in total. The van der Waals surface area contributed by atoms with Crippen molar-refractivity contribution in [1.82, 2.24) is 18.7 Å². The average molecular weight is 593 g/mol. The van der Waals surface area contributed by atoms with E-state index in [9.17, 15) is 32.7 Å². The molecule has 0 aliphatic carbocycles. The standard InChI is InChI=1S/C28H28ClF3N4O5/c1-4-41-26(39)16(2)19-7-5-8-20(28(30,31)32)21(19)23-33-24-22(36(23)15-17-9-11-18(29)12-10-17)25(38)35(13-6-14-37)27(40)34(24)3/h5,7-12,16,37H,4,6,13-15H2,1-3H3. The van der Waals surface area contributed by atoms with Gasteiger partial charge in [-0.05, 0) is 49.6 Å². The number of ether oxygens (including phenoxy) is 1. The third-order valence-electron chi connectivity index (χ3n) is 6.76. The second kappa shape index (κ2) is 11.9. The Kier molecular flexibility index (Phi) is 8.74. The summed E-state index contributed by atoms with van der Waals surface area (Å²) in [6.07, 6.45) is -4.74. The summed E-state index contributed by atoms with van der Waals surface area (Å²) in [4.78, 5) is 43.9. The van der Waals surface area contributed by atoms with Gasteiger partial charge in [-0.2, -0.15) is 13.2 Å². The smallest absolute Gasteiger partial charge is 0.417 e. The maximum atomic E-state index is 14.5. The minimum absolute atomic E-state index is 0.00320. The van der Waals surface area contributed by atoms with Crippen LogP contribution in [-0.2, 0) is 35.8 Å². The second-order valence-corrected chi connectivity index (χ2v) is 9.87. The summed E-state index contributed by atoms with van der Waals surface area (Å²) >= 11 is 6.03. The molecule has 13 heteroatoms. The molecule has 2 aromatic carbocycles. The highest BCUT2D eigenvalue weighted by Crippen LogP contribution is 2.42. The molecule has 0 spiro atoms. The molecule has 0 aliphatic heterocycles. The van der Waals surface area contributed by atoms with E-state index in [0.29, 0.717) is 10.6 Å². The Morgan fingerprint density at radius 2 is 1.80 bits per heavy atom. The van der Waals surface area contributed by atoms with Crippen LogP contribution in [-0.4, -0.2) is 43.0 Å². The number of carbonyl (C=O) groups excluding carboxylic acids is 1. The van der Waals surface area contributed by atoms with Crippen molar-refractivity contribution in [3.05, 3.63) is 85.0 Å². The average Bonchev–Trinajstić information content (AvgIpc) is 3.31. The molecule has 0 bridgehead atoms. The van der Waals surface area contributed by atoms with Crippen molar-refractivity contribution < 1.29 is 27.8 Å². The predicted octanol–water partition coefficient (Wildman–Crippen LogP) is 4.33. The van der Waals surface area contributed by atoms with Gasteiger partial charge in [0.1, 0.15) is 5.82 Å². The predicted molar refractivity (Wildman–Crippen MR) is 147 cm³/mol. The highest BCUT2D eigenvalue weighted by Gasteiger charge is 2.38. The second-order valence-electron chi connectivity index (χ2n) is 9.44. The molecule has 218 valence electrons. The Balaban J connectivity index is 2.15. The fourth-order valence-corrected chi connectivity index (χ4v) is 4.85. The minimum Gasteiger partial charge on any atom is -0.466 e. The molecular weight excluding hydrogens is 565 g/mol. The van der Waals surface area contributed by atoms with Gasteiger partial charge in [0.15, 0.2) is 11.2 Å². The summed E-state index contributed by atoms with van der Waals surface area (Å²) in [5, 5.41) is 9.73. The van der Waals surface area contributed by atoms with Gasteiger partial charge in [-0.3, -0.25) is 18.7 Å². The Hall–Kier alpha value is -3.90. The lowest BCUT2D eigenvalue weighted by Crippen LogP contribution is -2.39. The summed E-state index contributed by atoms with van der Waals surface area (Å²) < 4.78 is 51.9. The van der Waals surface area contributed by atoms with Gasteiger partial charge in [0, 0.05) is 37.3 Å². The van der Waals surface area contributed by atoms with Gasteiger partial charge in [0.25, 0.3) is 5.56 Å². The number of nitrogens with zero attached hydrogens (tertiary/aromatic N) is 4. The van der Waals surface area contributed by atoms with E-state index < -0.39 is 40.4 Å². The number of hydrogen-bond acceptors (Lipinski definition) is 6. The first kappa shape index (κ1) is 30.1. The molecule has 0 fully saturated rings. The van der Waals surface area contributed by atoms with Crippen molar-refractivity contribution >= 4 is 28.7 Å². The molecule has 4 rings (SSSR count). The fraction of sp³-hybridized carbons (Fsp3) is 0.357. The third kappa shape index (κ3) is 5.80. The van der Waals surface area contributed by atoms with E-state index in [0.717, 1.165) is 15.2 Å². The van der Waals surface area contributed by atoms with E-state index in [-0.39, 0.29) is 55.3 Å². The Bertz CT molecular complexity index is 1710. The van der Waals surface area contributed by atoms with Gasteiger partial charge in [-0.1, -0.05) is 35.9 Å². The van der Waals surface area contributed by atoms with Gasteiger partial charge in [0.05, 0.1) is 18.1 Å². The van der Waals surface area contributed by atoms with E-state index in [1.54, 1.807) is 31.2 Å². The van der Waals surface area contributed by atoms with Crippen molar-refractivity contribution in [1.29, 1.82) is 0 Å². The third-order valence-corrected chi connectivity index (χ3v) is 7.01. The van der Waals surface area contributed by atoms with Gasteiger partial charge in [-0.15, -0.1) is 0 Å². The minimum atomic E-state index is -4.85. The molecule has 1 unspecified atom stereocenters. The largest absolute Gasteiger partial charge is 0.466 e. The number of carbonyl (C=O) groups is 1. The zero-order valence-electron chi connectivity index (χ0n) is 22.5. The van der Waals surface area contributed by atoms with Crippen LogP contribution in [0.25, 0.3) is 22.6 Å². The number of esters is 1. The number of halogens is 4. The van der Waals surface area contributed by atoms with Crippen molar-refractivity contribution in [2.24, 2.45) is 7.05 Å². The lowest BCUT2D eigenvalue weighted by molar-refractivity contribution is -0.144. The van der Waals surface area contributed by atoms with Crippen molar-refractivity contribution in [2.45, 2.75) is 45.5 Å². The highest BCUT2D eigenvalue weighted by atomic mass is 35.5. The number of fused-ring (bicyclic) bond motifs is 1. The number of rotatable bonds is 9. The first-order valence-electron chi connectivity index (χ1n) is 12.8. The molecular formula is C28H28ClF3N4O5. The Labute approximate surface area is 237 Å². The van der Waals surface area contributed by atoms with Crippen molar-refractivity contribution in [3.8, 4) is 11.4 Å². The van der Waals surface area contributed by atoms with Crippen LogP contribution in [0.5, 0.6) is 0 Å². The van der Waals surface area contributed by atoms with E-state index in [4.69, 9.17) is 16.3 Å². The summed E-state index contributed by atoms with van der Waals surface area (Å²) in [5.41, 5.74) is -2.62. The summed E-state index contributed by atoms with van der Waals surface area (Å²) in [6, 6.07) is 9.97. The number of alkyl halides is 3. The monoisotopic (exact) mass is 592 g/mol. The molecule has 0 radical (unpaired) electrons. The molecule has 1 atom stereocenters. The highest BCUT2D eigenvalue weighted by molar-refractivity contribution is 6.30. The quantitative estimate of drug-likeness (QED) is 0.290. The summed E-state index contributed by atoms with van der Waals surface area (Å²) in [5.74, 6) is -2.09. The van der Waals surface area contributed by atoms with Crippen molar-refractivity contribution in [2.75, 3.05) is 13.2 Å². The number of aliphatic hydroxyl groups is 1. The van der Waals surface area contributed by atoms with Crippen LogP contribution in [0.3, 0.4) is 0 Å². The van der Waals surface area contributed by atoms with Gasteiger partial charge in [-0.25, -0.2) is 9.78 Å². The number of hydrogen-bond donors (Lipinski definition) is 1. The van der Waals surface area contributed by atoms with Crippen molar-refractivity contribution in [3.63, 3.8) is 0 Å². The SMILES string of the molecule is CCOC(=O)C(C)c1cccc(C(F)(F)F)c1-c1nc2c(c(=O)n(CCCO)c(=O)n2C)n1Cc1ccc(Cl)cc1. The normalized spacial score (nSPS) is 12.6. The van der Waals surface area contributed by atoms with E-state index >= 15 is 0 Å². The molecule has 0 saturated heterocycles. The maximum Gasteiger partial charge on any atom is 0.417 e. The van der Waals surface area contributed by atoms with Crippen LogP contribution >= 0.6 is 11.6 Å². The zero-order valence-corrected chi connectivity index (χ0v) is 23.3. The first-order valence-corrected chi connectivity index (χ1v) is 13.2. The topological polar surface area (TPSA) is 108 Å². The van der Waals surface area contributed by atoms with Crippen LogP contribution in [0, 0.1) is 0 Å². The maximum absolute atomic E-state index is 14.5. The molecule has 0 aliphatic rings. The van der Waals surface area contributed by atoms with Crippen LogP contribution in [0.15, 0.2) is 52.1 Å². The molecule has 0 saturated carbocycles. The summed E-state index contributed by atoms with van der Waals surface area (Å²) in [6.45, 7) is 2.56. The van der Waals surface area contributed by atoms with Gasteiger partial charge >= 0.3 is 17.8 Å². The lowest BCUT2D eigenvalue weighted by atomic mass is 9.91. The Morgan fingerprint density at radius 3 is 2.41 bits per heavy atom. The molecule has 0 amide bonds. The number of aliphatic hydroxyl groups excluding tert-OH is 1. The summed E-state index contributed by atoms with van der Waals surface area (Å²) in [7, 11) is 1.36. The number of benzene rings is 2. The molecule has 2 heterocycles. The van der Waals surface area contributed by atoms with Crippen LogP contribution < -0.4 is 11.2 Å². The van der Waals surface area contributed by atoms with Gasteiger partial charge < -0.3 is 14.4 Å². The number of aryl methyl sites for hydroxylation is 1.